The molecule has 25 heavy (non-hydrogen) atoms. The van der Waals surface area contributed by atoms with E-state index in [-0.39, 0.29) is 5.78 Å². The minimum atomic E-state index is -0.0372. The molecule has 1 heterocycles. The number of aromatic amines is 1. The lowest BCUT2D eigenvalue weighted by atomic mass is 9.99. The number of hydrogen-bond acceptors (Lipinski definition) is 1. The lowest BCUT2D eigenvalue weighted by Crippen LogP contribution is -2.00. The molecule has 4 rings (SSSR count). The molecule has 0 fully saturated rings. The molecule has 0 radical (unpaired) electrons. The third-order valence-corrected chi connectivity index (χ3v) is 4.80. The van der Waals surface area contributed by atoms with Gasteiger partial charge in [-0.05, 0) is 48.5 Å². The van der Waals surface area contributed by atoms with Gasteiger partial charge in [-0.15, -0.1) is 0 Å². The third-order valence-electron chi connectivity index (χ3n) is 4.21. The van der Waals surface area contributed by atoms with Gasteiger partial charge in [0.15, 0.2) is 5.78 Å². The topological polar surface area (TPSA) is 32.9 Å². The Balaban J connectivity index is 1.82. The van der Waals surface area contributed by atoms with E-state index in [0.717, 1.165) is 22.0 Å². The van der Waals surface area contributed by atoms with E-state index in [0.29, 0.717) is 21.2 Å². The number of halogens is 2. The number of hydrogen-bond donors (Lipinski definition) is 1. The van der Waals surface area contributed by atoms with Gasteiger partial charge in [-0.1, -0.05) is 41.4 Å². The second-order valence-electron chi connectivity index (χ2n) is 5.78. The van der Waals surface area contributed by atoms with E-state index < -0.39 is 0 Å². The van der Waals surface area contributed by atoms with Crippen LogP contribution in [0, 0.1) is 0 Å². The van der Waals surface area contributed by atoms with Gasteiger partial charge >= 0.3 is 0 Å². The maximum atomic E-state index is 12.8. The number of fused-ring (bicyclic) bond motifs is 1. The predicted octanol–water partition coefficient (Wildman–Crippen LogP) is 6.37. The fourth-order valence-electron chi connectivity index (χ4n) is 2.93. The highest BCUT2D eigenvalue weighted by Gasteiger charge is 2.13. The van der Waals surface area contributed by atoms with Gasteiger partial charge in [0.2, 0.25) is 0 Å². The number of carbonyl (C=O) groups is 1. The molecule has 1 aromatic heterocycles. The Hall–Kier alpha value is -2.55. The zero-order chi connectivity index (χ0) is 17.4. The van der Waals surface area contributed by atoms with Crippen LogP contribution in [0.4, 0.5) is 0 Å². The van der Waals surface area contributed by atoms with E-state index in [2.05, 4.69) is 4.98 Å². The summed E-state index contributed by atoms with van der Waals surface area (Å²) >= 11 is 12.2. The summed E-state index contributed by atoms with van der Waals surface area (Å²) in [5.74, 6) is -0.0372. The van der Waals surface area contributed by atoms with Crippen LogP contribution in [0.3, 0.4) is 0 Å². The lowest BCUT2D eigenvalue weighted by Gasteiger charge is -2.05. The van der Waals surface area contributed by atoms with Crippen LogP contribution in [0.25, 0.3) is 22.0 Å². The molecule has 0 amide bonds. The average molecular weight is 366 g/mol. The fourth-order valence-corrected chi connectivity index (χ4v) is 3.30. The Labute approximate surface area is 155 Å². The number of carbonyl (C=O) groups excluding carboxylic acids is 1. The number of rotatable bonds is 3. The summed E-state index contributed by atoms with van der Waals surface area (Å²) < 4.78 is 0. The van der Waals surface area contributed by atoms with Crippen molar-refractivity contribution in [3.8, 4) is 11.1 Å². The molecular formula is C21H13Cl2NO. The van der Waals surface area contributed by atoms with E-state index in [1.54, 1.807) is 24.3 Å². The van der Waals surface area contributed by atoms with Crippen molar-refractivity contribution in [2.24, 2.45) is 0 Å². The van der Waals surface area contributed by atoms with Crippen LogP contribution in [0.15, 0.2) is 72.9 Å². The molecule has 0 saturated carbocycles. The summed E-state index contributed by atoms with van der Waals surface area (Å²) in [4.78, 5) is 16.0. The zero-order valence-electron chi connectivity index (χ0n) is 13.1. The predicted molar refractivity (Wildman–Crippen MR) is 104 cm³/mol. The molecular weight excluding hydrogens is 353 g/mol. The minimum absolute atomic E-state index is 0.0372. The van der Waals surface area contributed by atoms with E-state index >= 15 is 0 Å². The normalized spacial score (nSPS) is 11.0. The summed E-state index contributed by atoms with van der Waals surface area (Å²) in [6, 6.07) is 20.2. The Morgan fingerprint density at radius 1 is 0.800 bits per heavy atom. The van der Waals surface area contributed by atoms with Crippen molar-refractivity contribution < 1.29 is 4.79 Å². The van der Waals surface area contributed by atoms with E-state index in [9.17, 15) is 4.79 Å². The number of nitrogens with one attached hydrogen (secondary N) is 1. The molecule has 0 atom stereocenters. The second kappa shape index (κ2) is 6.40. The molecule has 2 nitrogen and oxygen atoms in total. The molecule has 4 heteroatoms. The maximum absolute atomic E-state index is 12.8. The van der Waals surface area contributed by atoms with Gasteiger partial charge in [-0.25, -0.2) is 0 Å². The largest absolute Gasteiger partial charge is 0.361 e. The monoisotopic (exact) mass is 365 g/mol. The molecule has 122 valence electrons. The Bertz CT molecular complexity index is 1080. The summed E-state index contributed by atoms with van der Waals surface area (Å²) in [5.41, 5.74) is 4.11. The van der Waals surface area contributed by atoms with Gasteiger partial charge in [0.05, 0.1) is 0 Å². The Kier molecular flexibility index (Phi) is 4.08. The van der Waals surface area contributed by atoms with Gasteiger partial charge in [-0.3, -0.25) is 4.79 Å². The van der Waals surface area contributed by atoms with Crippen LogP contribution < -0.4 is 0 Å². The highest BCUT2D eigenvalue weighted by molar-refractivity contribution is 6.33. The van der Waals surface area contributed by atoms with Crippen molar-refractivity contribution >= 4 is 39.9 Å². The molecule has 1 N–H and O–H groups in total. The SMILES string of the molecule is O=C(c1ccc(Cl)cc1)c1ccc2[nH]cc(-c3ccccc3Cl)c2c1. The third kappa shape index (κ3) is 2.95. The number of ketones is 1. The number of H-pyrrole nitrogens is 1. The summed E-state index contributed by atoms with van der Waals surface area (Å²) in [5, 5.41) is 2.25. The number of benzene rings is 3. The molecule has 0 aliphatic heterocycles. The van der Waals surface area contributed by atoms with Crippen molar-refractivity contribution in [3.63, 3.8) is 0 Å². The first-order valence-corrected chi connectivity index (χ1v) is 8.55. The van der Waals surface area contributed by atoms with Gasteiger partial charge in [-0.2, -0.15) is 0 Å². The first-order chi connectivity index (χ1) is 12.1. The first-order valence-electron chi connectivity index (χ1n) is 7.80. The standard InChI is InChI=1S/C21H13Cl2NO/c22-15-8-5-13(6-9-15)21(25)14-7-10-20-17(11-14)18(12-24-20)16-3-1-2-4-19(16)23/h1-12,24H. The molecule has 0 saturated heterocycles. The highest BCUT2D eigenvalue weighted by atomic mass is 35.5. The van der Waals surface area contributed by atoms with Gasteiger partial charge < -0.3 is 4.98 Å². The van der Waals surface area contributed by atoms with Crippen molar-refractivity contribution in [2.75, 3.05) is 0 Å². The van der Waals surface area contributed by atoms with Crippen LogP contribution in [0.1, 0.15) is 15.9 Å². The molecule has 0 unspecified atom stereocenters. The quantitative estimate of drug-likeness (QED) is 0.420. The minimum Gasteiger partial charge on any atom is -0.361 e. The van der Waals surface area contributed by atoms with Crippen LogP contribution in [-0.2, 0) is 0 Å². The smallest absolute Gasteiger partial charge is 0.193 e. The van der Waals surface area contributed by atoms with Crippen molar-refractivity contribution in [2.45, 2.75) is 0 Å². The van der Waals surface area contributed by atoms with Crippen molar-refractivity contribution in [1.82, 2.24) is 4.98 Å². The lowest BCUT2D eigenvalue weighted by molar-refractivity contribution is 0.103. The summed E-state index contributed by atoms with van der Waals surface area (Å²) in [7, 11) is 0. The van der Waals surface area contributed by atoms with Crippen molar-refractivity contribution in [3.05, 3.63) is 94.1 Å². The molecule has 3 aromatic carbocycles. The molecule has 4 aromatic rings. The van der Waals surface area contributed by atoms with Crippen LogP contribution >= 0.6 is 23.2 Å². The molecule has 0 spiro atoms. The summed E-state index contributed by atoms with van der Waals surface area (Å²) in [6.45, 7) is 0. The van der Waals surface area contributed by atoms with Crippen molar-refractivity contribution in [1.29, 1.82) is 0 Å². The molecule has 0 aliphatic rings. The van der Waals surface area contributed by atoms with Crippen LogP contribution in [0.5, 0.6) is 0 Å². The zero-order valence-corrected chi connectivity index (χ0v) is 14.6. The van der Waals surface area contributed by atoms with E-state index in [1.165, 1.54) is 0 Å². The van der Waals surface area contributed by atoms with Crippen LogP contribution in [-0.4, -0.2) is 10.8 Å². The second-order valence-corrected chi connectivity index (χ2v) is 6.62. The van der Waals surface area contributed by atoms with E-state index in [4.69, 9.17) is 23.2 Å². The Morgan fingerprint density at radius 2 is 1.52 bits per heavy atom. The highest BCUT2D eigenvalue weighted by Crippen LogP contribution is 2.34. The van der Waals surface area contributed by atoms with Gasteiger partial charge in [0.1, 0.15) is 0 Å². The average Bonchev–Trinajstić information content (AvgIpc) is 3.05. The fraction of sp³-hybridized carbons (Fsp3) is 0. The maximum Gasteiger partial charge on any atom is 0.193 e. The molecule has 0 bridgehead atoms. The van der Waals surface area contributed by atoms with Gasteiger partial charge in [0.25, 0.3) is 0 Å². The van der Waals surface area contributed by atoms with Crippen LogP contribution in [0.2, 0.25) is 10.0 Å². The van der Waals surface area contributed by atoms with E-state index in [1.807, 2.05) is 48.7 Å². The Morgan fingerprint density at radius 3 is 2.28 bits per heavy atom. The molecule has 0 aliphatic carbocycles. The van der Waals surface area contributed by atoms with Gasteiger partial charge in [0, 0.05) is 49.4 Å². The first kappa shape index (κ1) is 15.9. The number of aromatic nitrogens is 1. The summed E-state index contributed by atoms with van der Waals surface area (Å²) in [6.07, 6.45) is 1.92.